The number of rotatable bonds is 7. The minimum atomic E-state index is -3.49. The Kier molecular flexibility index (Phi) is 6.19. The van der Waals surface area contributed by atoms with Gasteiger partial charge in [0.1, 0.15) is 0 Å². The van der Waals surface area contributed by atoms with Gasteiger partial charge in [-0.3, -0.25) is 0 Å². The third kappa shape index (κ3) is 4.69. The highest BCUT2D eigenvalue weighted by molar-refractivity contribution is 7.99. The summed E-state index contributed by atoms with van der Waals surface area (Å²) in [5.41, 5.74) is 0.347. The summed E-state index contributed by atoms with van der Waals surface area (Å²) in [5.74, 6) is 1.98. The largest absolute Gasteiger partial charge is 0.240 e. The van der Waals surface area contributed by atoms with E-state index in [-0.39, 0.29) is 4.90 Å². The van der Waals surface area contributed by atoms with E-state index in [1.54, 1.807) is 23.9 Å². The fraction of sp³-hybridized carbons (Fsp3) is 0.417. The average molecular weight is 284 g/mol. The molecule has 1 rings (SSSR count). The van der Waals surface area contributed by atoms with E-state index < -0.39 is 10.0 Å². The topological polar surface area (TPSA) is 70.0 Å². The maximum Gasteiger partial charge on any atom is 0.240 e. The van der Waals surface area contributed by atoms with Crippen LogP contribution in [0, 0.1) is 11.3 Å². The highest BCUT2D eigenvalue weighted by Gasteiger charge is 2.13. The molecule has 0 aliphatic rings. The Morgan fingerprint density at radius 1 is 1.44 bits per heavy atom. The van der Waals surface area contributed by atoms with Crippen molar-refractivity contribution < 1.29 is 8.42 Å². The van der Waals surface area contributed by atoms with Crippen molar-refractivity contribution in [2.75, 3.05) is 18.1 Å². The van der Waals surface area contributed by atoms with Gasteiger partial charge in [-0.2, -0.15) is 17.0 Å². The van der Waals surface area contributed by atoms with Crippen LogP contribution < -0.4 is 4.72 Å². The van der Waals surface area contributed by atoms with Crippen LogP contribution in [0.1, 0.15) is 18.9 Å². The monoisotopic (exact) mass is 284 g/mol. The van der Waals surface area contributed by atoms with E-state index in [4.69, 9.17) is 5.26 Å². The van der Waals surface area contributed by atoms with Crippen LogP contribution in [0.15, 0.2) is 29.2 Å². The highest BCUT2D eigenvalue weighted by Crippen LogP contribution is 2.10. The Morgan fingerprint density at radius 3 is 2.89 bits per heavy atom. The lowest BCUT2D eigenvalue weighted by Crippen LogP contribution is -2.25. The van der Waals surface area contributed by atoms with Gasteiger partial charge in [-0.05, 0) is 36.1 Å². The van der Waals surface area contributed by atoms with Gasteiger partial charge >= 0.3 is 0 Å². The lowest BCUT2D eigenvalue weighted by molar-refractivity contribution is 0.581. The average Bonchev–Trinajstić information content (AvgIpc) is 2.38. The first-order valence-electron chi connectivity index (χ1n) is 5.67. The highest BCUT2D eigenvalue weighted by atomic mass is 32.2. The molecule has 0 amide bonds. The van der Waals surface area contributed by atoms with Crippen molar-refractivity contribution in [1.82, 2.24) is 4.72 Å². The standard InChI is InChI=1S/C12H16N2O2S2/c1-2-17-8-4-7-14-18(15,16)12-6-3-5-11(9-12)10-13/h3,5-6,9,14H,2,4,7-8H2,1H3. The number of hydrogen-bond donors (Lipinski definition) is 1. The van der Waals surface area contributed by atoms with Gasteiger partial charge in [0.2, 0.25) is 10.0 Å². The van der Waals surface area contributed by atoms with Crippen LogP contribution in [-0.4, -0.2) is 26.5 Å². The van der Waals surface area contributed by atoms with Crippen LogP contribution in [0.3, 0.4) is 0 Å². The van der Waals surface area contributed by atoms with Crippen molar-refractivity contribution in [3.8, 4) is 6.07 Å². The zero-order valence-corrected chi connectivity index (χ0v) is 11.9. The summed E-state index contributed by atoms with van der Waals surface area (Å²) in [5, 5.41) is 8.73. The number of hydrogen-bond acceptors (Lipinski definition) is 4. The van der Waals surface area contributed by atoms with Crippen molar-refractivity contribution in [2.24, 2.45) is 0 Å². The smallest absolute Gasteiger partial charge is 0.211 e. The zero-order chi connectivity index (χ0) is 13.4. The SMILES string of the molecule is CCSCCCNS(=O)(=O)c1cccc(C#N)c1. The molecule has 1 aromatic rings. The van der Waals surface area contributed by atoms with E-state index >= 15 is 0 Å². The molecule has 0 aliphatic carbocycles. The normalized spacial score (nSPS) is 11.1. The van der Waals surface area contributed by atoms with E-state index in [0.717, 1.165) is 17.9 Å². The molecule has 0 aliphatic heterocycles. The summed E-state index contributed by atoms with van der Waals surface area (Å²) >= 11 is 1.78. The second-order valence-corrected chi connectivity index (χ2v) is 6.75. The summed E-state index contributed by atoms with van der Waals surface area (Å²) in [7, 11) is -3.49. The molecule has 0 atom stereocenters. The molecule has 1 N–H and O–H groups in total. The van der Waals surface area contributed by atoms with Crippen LogP contribution in [0.2, 0.25) is 0 Å². The lowest BCUT2D eigenvalue weighted by Gasteiger charge is -2.06. The fourth-order valence-electron chi connectivity index (χ4n) is 1.34. The Hall–Kier alpha value is -1.03. The van der Waals surface area contributed by atoms with Crippen LogP contribution in [0.4, 0.5) is 0 Å². The molecular weight excluding hydrogens is 268 g/mol. The molecule has 0 bridgehead atoms. The Balaban J connectivity index is 2.60. The van der Waals surface area contributed by atoms with Crippen molar-refractivity contribution >= 4 is 21.8 Å². The summed E-state index contributed by atoms with van der Waals surface area (Å²) in [6, 6.07) is 7.95. The maximum absolute atomic E-state index is 11.9. The Bertz CT molecular complexity index is 521. The third-order valence-electron chi connectivity index (χ3n) is 2.24. The quantitative estimate of drug-likeness (QED) is 0.777. The first-order valence-corrected chi connectivity index (χ1v) is 8.31. The first-order chi connectivity index (χ1) is 8.60. The molecule has 6 heteroatoms. The van der Waals surface area contributed by atoms with Crippen molar-refractivity contribution in [3.63, 3.8) is 0 Å². The molecule has 98 valence electrons. The summed E-state index contributed by atoms with van der Waals surface area (Å²) in [6.45, 7) is 2.49. The number of thioether (sulfide) groups is 1. The minimum Gasteiger partial charge on any atom is -0.211 e. The molecule has 0 fully saturated rings. The van der Waals surface area contributed by atoms with Crippen LogP contribution in [0.5, 0.6) is 0 Å². The van der Waals surface area contributed by atoms with E-state index in [1.807, 2.05) is 6.07 Å². The van der Waals surface area contributed by atoms with Gasteiger partial charge in [0.15, 0.2) is 0 Å². The summed E-state index contributed by atoms with van der Waals surface area (Å²) in [6.07, 6.45) is 0.801. The molecule has 18 heavy (non-hydrogen) atoms. The van der Waals surface area contributed by atoms with Crippen molar-refractivity contribution in [3.05, 3.63) is 29.8 Å². The fourth-order valence-corrected chi connectivity index (χ4v) is 3.10. The Labute approximate surface area is 112 Å². The van der Waals surface area contributed by atoms with E-state index in [1.165, 1.54) is 12.1 Å². The van der Waals surface area contributed by atoms with Gasteiger partial charge in [0, 0.05) is 6.54 Å². The molecule has 0 heterocycles. The van der Waals surface area contributed by atoms with Gasteiger partial charge < -0.3 is 0 Å². The van der Waals surface area contributed by atoms with Crippen molar-refractivity contribution in [1.29, 1.82) is 5.26 Å². The summed E-state index contributed by atoms with van der Waals surface area (Å²) < 4.78 is 26.3. The third-order valence-corrected chi connectivity index (χ3v) is 4.68. The van der Waals surface area contributed by atoms with E-state index in [2.05, 4.69) is 11.6 Å². The molecule has 0 saturated heterocycles. The van der Waals surface area contributed by atoms with Crippen LogP contribution >= 0.6 is 11.8 Å². The second kappa shape index (κ2) is 7.41. The number of nitrogens with zero attached hydrogens (tertiary/aromatic N) is 1. The van der Waals surface area contributed by atoms with Gasteiger partial charge in [-0.15, -0.1) is 0 Å². The molecule has 0 saturated carbocycles. The van der Waals surface area contributed by atoms with Crippen LogP contribution in [-0.2, 0) is 10.0 Å². The predicted molar refractivity (Wildman–Crippen MR) is 74.0 cm³/mol. The van der Waals surface area contributed by atoms with Gasteiger partial charge in [0.05, 0.1) is 16.5 Å². The van der Waals surface area contributed by atoms with E-state index in [9.17, 15) is 8.42 Å². The number of nitrogens with one attached hydrogen (secondary N) is 1. The second-order valence-electron chi connectivity index (χ2n) is 3.59. The minimum absolute atomic E-state index is 0.143. The molecule has 0 unspecified atom stereocenters. The summed E-state index contributed by atoms with van der Waals surface area (Å²) in [4.78, 5) is 0.143. The van der Waals surface area contributed by atoms with Gasteiger partial charge in [-0.25, -0.2) is 13.1 Å². The van der Waals surface area contributed by atoms with Gasteiger partial charge in [-0.1, -0.05) is 13.0 Å². The zero-order valence-electron chi connectivity index (χ0n) is 10.2. The predicted octanol–water partition coefficient (Wildman–Crippen LogP) is 1.98. The van der Waals surface area contributed by atoms with E-state index in [0.29, 0.717) is 12.1 Å². The molecule has 1 aromatic carbocycles. The number of nitriles is 1. The van der Waals surface area contributed by atoms with Gasteiger partial charge in [0.25, 0.3) is 0 Å². The number of benzene rings is 1. The molecule has 0 spiro atoms. The van der Waals surface area contributed by atoms with Crippen molar-refractivity contribution in [2.45, 2.75) is 18.2 Å². The Morgan fingerprint density at radius 2 is 2.22 bits per heavy atom. The molecule has 0 radical (unpaired) electrons. The molecular formula is C12H16N2O2S2. The molecule has 0 aromatic heterocycles. The lowest BCUT2D eigenvalue weighted by atomic mass is 10.2. The van der Waals surface area contributed by atoms with Crippen LogP contribution in [0.25, 0.3) is 0 Å². The maximum atomic E-state index is 11.9. The number of sulfonamides is 1. The molecule has 4 nitrogen and oxygen atoms in total. The first kappa shape index (κ1) is 15.0.